The molecule has 0 aliphatic heterocycles. The van der Waals surface area contributed by atoms with Crippen LogP contribution in [-0.4, -0.2) is 44.7 Å². The third-order valence-corrected chi connectivity index (χ3v) is 3.32. The zero-order valence-electron chi connectivity index (χ0n) is 13.2. The summed E-state index contributed by atoms with van der Waals surface area (Å²) in [6.45, 7) is 2.22. The highest BCUT2D eigenvalue weighted by atomic mass is 19.4. The van der Waals surface area contributed by atoms with Crippen LogP contribution in [0, 0.1) is 0 Å². The molecule has 0 spiro atoms. The van der Waals surface area contributed by atoms with Crippen molar-refractivity contribution in [3.63, 3.8) is 0 Å². The minimum absolute atomic E-state index is 0.157. The van der Waals surface area contributed by atoms with Crippen molar-refractivity contribution in [1.29, 1.82) is 0 Å². The molecule has 0 aliphatic rings. The lowest BCUT2D eigenvalue weighted by molar-refractivity contribution is -0.134. The van der Waals surface area contributed by atoms with Gasteiger partial charge in [0.25, 0.3) is 5.91 Å². The van der Waals surface area contributed by atoms with Gasteiger partial charge in [-0.2, -0.15) is 13.2 Å². The molecule has 2 rings (SSSR count). The van der Waals surface area contributed by atoms with Crippen LogP contribution in [-0.2, 0) is 6.42 Å². The number of nitrogens with one attached hydrogen (secondary N) is 1. The summed E-state index contributed by atoms with van der Waals surface area (Å²) in [5, 5.41) is 18.8. The van der Waals surface area contributed by atoms with Crippen LogP contribution in [0.2, 0.25) is 0 Å². The van der Waals surface area contributed by atoms with Gasteiger partial charge in [0, 0.05) is 24.9 Å². The summed E-state index contributed by atoms with van der Waals surface area (Å²) in [6, 6.07) is 5.86. The quantitative estimate of drug-likeness (QED) is 0.827. The number of aromatic nitrogens is 3. The van der Waals surface area contributed by atoms with Gasteiger partial charge in [-0.05, 0) is 31.2 Å². The van der Waals surface area contributed by atoms with Gasteiger partial charge in [-0.25, -0.2) is 9.48 Å². The van der Waals surface area contributed by atoms with Crippen molar-refractivity contribution in [3.05, 3.63) is 41.2 Å². The first-order chi connectivity index (χ1) is 11.7. The Bertz CT molecular complexity index is 769. The van der Waals surface area contributed by atoms with Gasteiger partial charge in [0.15, 0.2) is 5.69 Å². The number of nitrogens with zero attached hydrogens (tertiary/aromatic N) is 3. The number of halogens is 3. The molecule has 1 heterocycles. The number of aromatic carboxylic acids is 1. The van der Waals surface area contributed by atoms with Crippen molar-refractivity contribution >= 4 is 11.9 Å². The fourth-order valence-electron chi connectivity index (χ4n) is 2.18. The van der Waals surface area contributed by atoms with Gasteiger partial charge in [0.1, 0.15) is 0 Å². The molecule has 0 saturated heterocycles. The number of hydrogen-bond donors (Lipinski definition) is 2. The molecular formula is C15H15F3N4O3. The SMILES string of the molecule is CCNC(=O)c1ccc(-n2nnc(C(=O)O)c2CCC(F)(F)F)cc1. The van der Waals surface area contributed by atoms with Gasteiger partial charge in [0.05, 0.1) is 11.4 Å². The number of carbonyl (C=O) groups is 2. The van der Waals surface area contributed by atoms with Crippen LogP contribution in [0.3, 0.4) is 0 Å². The zero-order chi connectivity index (χ0) is 18.6. The van der Waals surface area contributed by atoms with Gasteiger partial charge >= 0.3 is 12.1 Å². The molecule has 25 heavy (non-hydrogen) atoms. The van der Waals surface area contributed by atoms with Crippen LogP contribution in [0.25, 0.3) is 5.69 Å². The van der Waals surface area contributed by atoms with E-state index in [1.54, 1.807) is 6.92 Å². The maximum Gasteiger partial charge on any atom is 0.389 e. The van der Waals surface area contributed by atoms with Crippen molar-refractivity contribution in [2.45, 2.75) is 25.9 Å². The average molecular weight is 356 g/mol. The van der Waals surface area contributed by atoms with E-state index in [9.17, 15) is 22.8 Å². The largest absolute Gasteiger partial charge is 0.476 e. The van der Waals surface area contributed by atoms with Crippen LogP contribution in [0.4, 0.5) is 13.2 Å². The van der Waals surface area contributed by atoms with Crippen molar-refractivity contribution in [3.8, 4) is 5.69 Å². The van der Waals surface area contributed by atoms with E-state index in [4.69, 9.17) is 5.11 Å². The predicted molar refractivity (Wildman–Crippen MR) is 80.7 cm³/mol. The number of carboxylic acids is 1. The van der Waals surface area contributed by atoms with Crippen molar-refractivity contribution < 1.29 is 27.9 Å². The summed E-state index contributed by atoms with van der Waals surface area (Å²) in [4.78, 5) is 22.9. The number of rotatable bonds is 6. The summed E-state index contributed by atoms with van der Waals surface area (Å²) in [5.74, 6) is -1.75. The number of carboxylic acid groups (broad SMARTS) is 1. The lowest BCUT2D eigenvalue weighted by atomic mass is 10.1. The molecule has 0 unspecified atom stereocenters. The Morgan fingerprint density at radius 3 is 2.40 bits per heavy atom. The molecule has 10 heteroatoms. The molecule has 0 atom stereocenters. The Labute approximate surface area is 140 Å². The lowest BCUT2D eigenvalue weighted by Crippen LogP contribution is -2.22. The van der Waals surface area contributed by atoms with E-state index >= 15 is 0 Å². The number of hydrogen-bond acceptors (Lipinski definition) is 4. The number of carbonyl (C=O) groups excluding carboxylic acids is 1. The summed E-state index contributed by atoms with van der Waals surface area (Å²) >= 11 is 0. The molecular weight excluding hydrogens is 341 g/mol. The minimum atomic E-state index is -4.44. The average Bonchev–Trinajstić information content (AvgIpc) is 2.97. The molecule has 2 N–H and O–H groups in total. The Balaban J connectivity index is 2.35. The first-order valence-corrected chi connectivity index (χ1v) is 7.36. The van der Waals surface area contributed by atoms with Gasteiger partial charge < -0.3 is 10.4 Å². The summed E-state index contributed by atoms with van der Waals surface area (Å²) in [7, 11) is 0. The molecule has 134 valence electrons. The highest BCUT2D eigenvalue weighted by Crippen LogP contribution is 2.24. The Hall–Kier alpha value is -2.91. The smallest absolute Gasteiger partial charge is 0.389 e. The standard InChI is InChI=1S/C15H15F3N4O3/c1-2-19-13(23)9-3-5-10(6-4-9)22-11(7-8-15(16,17)18)12(14(24)25)20-21-22/h3-6H,2,7-8H2,1H3,(H,19,23)(H,24,25). The molecule has 1 amide bonds. The summed E-state index contributed by atoms with van der Waals surface area (Å²) in [6.07, 6.45) is -6.21. The first-order valence-electron chi connectivity index (χ1n) is 7.36. The molecule has 1 aromatic carbocycles. The van der Waals surface area contributed by atoms with E-state index < -0.39 is 30.7 Å². The Morgan fingerprint density at radius 1 is 1.24 bits per heavy atom. The minimum Gasteiger partial charge on any atom is -0.476 e. The molecule has 1 aromatic heterocycles. The van der Waals surface area contributed by atoms with E-state index in [1.807, 2.05) is 0 Å². The van der Waals surface area contributed by atoms with Gasteiger partial charge in [-0.3, -0.25) is 4.79 Å². The second-order valence-corrected chi connectivity index (χ2v) is 5.12. The van der Waals surface area contributed by atoms with Crippen LogP contribution in [0.1, 0.15) is 39.9 Å². The molecule has 0 fully saturated rings. The van der Waals surface area contributed by atoms with Crippen LogP contribution in [0.5, 0.6) is 0 Å². The maximum atomic E-state index is 12.5. The molecule has 0 aliphatic carbocycles. The maximum absolute atomic E-state index is 12.5. The van der Waals surface area contributed by atoms with Crippen LogP contribution < -0.4 is 5.32 Å². The van der Waals surface area contributed by atoms with Crippen molar-refractivity contribution in [1.82, 2.24) is 20.3 Å². The number of amides is 1. The highest BCUT2D eigenvalue weighted by molar-refractivity contribution is 5.94. The van der Waals surface area contributed by atoms with E-state index in [2.05, 4.69) is 15.6 Å². The first kappa shape index (κ1) is 18.4. The number of benzene rings is 1. The van der Waals surface area contributed by atoms with E-state index in [0.717, 1.165) is 4.68 Å². The third-order valence-electron chi connectivity index (χ3n) is 3.32. The third kappa shape index (κ3) is 4.55. The van der Waals surface area contributed by atoms with Gasteiger partial charge in [-0.15, -0.1) is 5.10 Å². The van der Waals surface area contributed by atoms with Gasteiger partial charge in [-0.1, -0.05) is 5.21 Å². The van der Waals surface area contributed by atoms with Crippen molar-refractivity contribution in [2.24, 2.45) is 0 Å². The molecule has 0 saturated carbocycles. The summed E-state index contributed by atoms with van der Waals surface area (Å²) < 4.78 is 38.5. The van der Waals surface area contributed by atoms with Crippen LogP contribution in [0.15, 0.2) is 24.3 Å². The lowest BCUT2D eigenvalue weighted by Gasteiger charge is -2.10. The molecule has 2 aromatic rings. The fraction of sp³-hybridized carbons (Fsp3) is 0.333. The second-order valence-electron chi connectivity index (χ2n) is 5.12. The van der Waals surface area contributed by atoms with Gasteiger partial charge in [0.2, 0.25) is 0 Å². The molecule has 7 nitrogen and oxygen atoms in total. The molecule has 0 bridgehead atoms. The Kier molecular flexibility index (Phi) is 5.40. The van der Waals surface area contributed by atoms with Crippen molar-refractivity contribution in [2.75, 3.05) is 6.54 Å². The zero-order valence-corrected chi connectivity index (χ0v) is 13.2. The number of alkyl halides is 3. The van der Waals surface area contributed by atoms with E-state index in [-0.39, 0.29) is 11.6 Å². The Morgan fingerprint density at radius 2 is 1.88 bits per heavy atom. The van der Waals surface area contributed by atoms with E-state index in [1.165, 1.54) is 24.3 Å². The normalized spacial score (nSPS) is 11.4. The summed E-state index contributed by atoms with van der Waals surface area (Å²) in [5.41, 5.74) is -0.0149. The fourth-order valence-corrected chi connectivity index (χ4v) is 2.18. The van der Waals surface area contributed by atoms with E-state index in [0.29, 0.717) is 17.8 Å². The highest BCUT2D eigenvalue weighted by Gasteiger charge is 2.30. The topological polar surface area (TPSA) is 97.1 Å². The monoisotopic (exact) mass is 356 g/mol. The predicted octanol–water partition coefficient (Wildman–Crippen LogP) is 2.21. The molecule has 0 radical (unpaired) electrons. The second kappa shape index (κ2) is 7.32. The van der Waals surface area contributed by atoms with Crippen LogP contribution >= 0.6 is 0 Å².